The smallest absolute Gasteiger partial charge is 0.310 e. The number of nitrogens with one attached hydrogen (secondary N) is 1. The summed E-state index contributed by atoms with van der Waals surface area (Å²) in [7, 11) is 0. The third kappa shape index (κ3) is 5.36. The molecule has 0 aliphatic heterocycles. The summed E-state index contributed by atoms with van der Waals surface area (Å²) in [5, 5.41) is 13.6. The van der Waals surface area contributed by atoms with Crippen molar-refractivity contribution in [1.82, 2.24) is 0 Å². The molecule has 7 nitrogen and oxygen atoms in total. The van der Waals surface area contributed by atoms with Gasteiger partial charge in [-0.1, -0.05) is 23.7 Å². The Hall–Kier alpha value is -2.93. The normalized spacial score (nSPS) is 10.0. The van der Waals surface area contributed by atoms with Crippen LogP contribution in [-0.4, -0.2) is 23.4 Å². The summed E-state index contributed by atoms with van der Waals surface area (Å²) in [5.74, 6) is -1.08. The van der Waals surface area contributed by atoms with Gasteiger partial charge in [-0.3, -0.25) is 19.7 Å². The van der Waals surface area contributed by atoms with Crippen LogP contribution in [0.2, 0.25) is 5.02 Å². The molecule has 0 fully saturated rings. The topological polar surface area (TPSA) is 98.5 Å². The summed E-state index contributed by atoms with van der Waals surface area (Å²) in [6.07, 6.45) is 0.0297. The standard InChI is InChI=1S/C16H13ClN2O5/c17-12-3-1-11(2-4-12)9-16(21)24-10-15(20)18-13-5-7-14(8-6-13)19(22)23/h1-8H,9-10H2,(H,18,20). The van der Waals surface area contributed by atoms with Gasteiger partial charge < -0.3 is 10.1 Å². The Labute approximate surface area is 142 Å². The molecule has 0 aromatic heterocycles. The highest BCUT2D eigenvalue weighted by Crippen LogP contribution is 2.15. The Bertz CT molecular complexity index is 744. The van der Waals surface area contributed by atoms with Crippen LogP contribution in [-0.2, 0) is 20.7 Å². The molecule has 0 aliphatic rings. The summed E-state index contributed by atoms with van der Waals surface area (Å²) >= 11 is 5.75. The molecule has 0 atom stereocenters. The second-order valence-electron chi connectivity index (χ2n) is 4.82. The number of benzene rings is 2. The van der Waals surface area contributed by atoms with E-state index in [0.29, 0.717) is 10.7 Å². The van der Waals surface area contributed by atoms with Crippen molar-refractivity contribution < 1.29 is 19.2 Å². The van der Waals surface area contributed by atoms with Crippen LogP contribution in [0.3, 0.4) is 0 Å². The summed E-state index contributed by atoms with van der Waals surface area (Å²) < 4.78 is 4.88. The molecule has 0 saturated carbocycles. The third-order valence-corrected chi connectivity index (χ3v) is 3.24. The van der Waals surface area contributed by atoms with Crippen LogP contribution in [0.25, 0.3) is 0 Å². The van der Waals surface area contributed by atoms with Gasteiger partial charge in [-0.15, -0.1) is 0 Å². The fraction of sp³-hybridized carbons (Fsp3) is 0.125. The molecule has 8 heteroatoms. The number of rotatable bonds is 6. The molecular weight excluding hydrogens is 336 g/mol. The predicted molar refractivity (Wildman–Crippen MR) is 87.8 cm³/mol. The number of hydrogen-bond donors (Lipinski definition) is 1. The lowest BCUT2D eigenvalue weighted by molar-refractivity contribution is -0.384. The average Bonchev–Trinajstić information content (AvgIpc) is 2.55. The van der Waals surface area contributed by atoms with Crippen molar-refractivity contribution >= 4 is 34.9 Å². The van der Waals surface area contributed by atoms with Gasteiger partial charge in [0.15, 0.2) is 6.61 Å². The van der Waals surface area contributed by atoms with Crippen LogP contribution in [0, 0.1) is 10.1 Å². The molecule has 1 N–H and O–H groups in total. The van der Waals surface area contributed by atoms with Crippen LogP contribution in [0.5, 0.6) is 0 Å². The number of ether oxygens (including phenoxy) is 1. The zero-order valence-electron chi connectivity index (χ0n) is 12.4. The SMILES string of the molecule is O=C(COC(=O)Cc1ccc(Cl)cc1)Nc1ccc([N+](=O)[O-])cc1. The van der Waals surface area contributed by atoms with Gasteiger partial charge in [-0.25, -0.2) is 0 Å². The molecule has 2 rings (SSSR count). The fourth-order valence-electron chi connectivity index (χ4n) is 1.83. The Kier molecular flexibility index (Phi) is 5.86. The van der Waals surface area contributed by atoms with Gasteiger partial charge in [-0.2, -0.15) is 0 Å². The second-order valence-corrected chi connectivity index (χ2v) is 5.25. The molecule has 0 unspecified atom stereocenters. The van der Waals surface area contributed by atoms with E-state index in [4.69, 9.17) is 16.3 Å². The monoisotopic (exact) mass is 348 g/mol. The van der Waals surface area contributed by atoms with Crippen LogP contribution in [0.15, 0.2) is 48.5 Å². The van der Waals surface area contributed by atoms with Crippen LogP contribution in [0.4, 0.5) is 11.4 Å². The predicted octanol–water partition coefficient (Wildman–Crippen LogP) is 2.97. The van der Waals surface area contributed by atoms with Crippen molar-refractivity contribution in [1.29, 1.82) is 0 Å². The van der Waals surface area contributed by atoms with Crippen molar-refractivity contribution in [3.05, 3.63) is 69.2 Å². The summed E-state index contributed by atoms with van der Waals surface area (Å²) in [6.45, 7) is -0.441. The van der Waals surface area contributed by atoms with Gasteiger partial charge in [0.25, 0.3) is 11.6 Å². The highest BCUT2D eigenvalue weighted by molar-refractivity contribution is 6.30. The molecule has 0 radical (unpaired) electrons. The summed E-state index contributed by atoms with van der Waals surface area (Å²) in [5.41, 5.74) is 1.02. The Balaban J connectivity index is 1.78. The molecule has 0 bridgehead atoms. The zero-order chi connectivity index (χ0) is 17.5. The highest BCUT2D eigenvalue weighted by atomic mass is 35.5. The van der Waals surface area contributed by atoms with Gasteiger partial charge in [-0.05, 0) is 29.8 Å². The van der Waals surface area contributed by atoms with Crippen molar-refractivity contribution in [2.24, 2.45) is 0 Å². The lowest BCUT2D eigenvalue weighted by atomic mass is 10.1. The van der Waals surface area contributed by atoms with Crippen molar-refractivity contribution in [3.8, 4) is 0 Å². The van der Waals surface area contributed by atoms with E-state index in [2.05, 4.69) is 5.32 Å². The first-order valence-electron chi connectivity index (χ1n) is 6.88. The van der Waals surface area contributed by atoms with E-state index >= 15 is 0 Å². The first-order valence-corrected chi connectivity index (χ1v) is 7.26. The molecule has 2 aromatic carbocycles. The van der Waals surface area contributed by atoms with E-state index in [0.717, 1.165) is 5.56 Å². The Morgan fingerprint density at radius 2 is 1.71 bits per heavy atom. The number of hydrogen-bond acceptors (Lipinski definition) is 5. The molecular formula is C16H13ClN2O5. The fourth-order valence-corrected chi connectivity index (χ4v) is 1.96. The molecule has 0 aliphatic carbocycles. The number of halogens is 1. The minimum atomic E-state index is -0.545. The molecule has 0 saturated heterocycles. The van der Waals surface area contributed by atoms with Crippen molar-refractivity contribution in [2.45, 2.75) is 6.42 Å². The number of anilines is 1. The number of nitro benzene ring substituents is 1. The quantitative estimate of drug-likeness (QED) is 0.491. The third-order valence-electron chi connectivity index (χ3n) is 2.99. The lowest BCUT2D eigenvalue weighted by Crippen LogP contribution is -2.21. The lowest BCUT2D eigenvalue weighted by Gasteiger charge is -2.06. The highest BCUT2D eigenvalue weighted by Gasteiger charge is 2.10. The minimum absolute atomic E-state index is 0.0297. The number of nitrogens with zero attached hydrogens (tertiary/aromatic N) is 1. The van der Waals surface area contributed by atoms with Gasteiger partial charge in [0.05, 0.1) is 11.3 Å². The number of non-ortho nitro benzene ring substituents is 1. The molecule has 1 amide bonds. The zero-order valence-corrected chi connectivity index (χ0v) is 13.2. The Morgan fingerprint density at radius 1 is 1.08 bits per heavy atom. The van der Waals surface area contributed by atoms with E-state index in [1.807, 2.05) is 0 Å². The Morgan fingerprint density at radius 3 is 2.29 bits per heavy atom. The maximum atomic E-state index is 11.7. The van der Waals surface area contributed by atoms with E-state index < -0.39 is 23.4 Å². The largest absolute Gasteiger partial charge is 0.455 e. The first-order chi connectivity index (χ1) is 11.4. The number of amides is 1. The van der Waals surface area contributed by atoms with Crippen molar-refractivity contribution in [2.75, 3.05) is 11.9 Å². The second kappa shape index (κ2) is 8.07. The first kappa shape index (κ1) is 17.4. The van der Waals surface area contributed by atoms with E-state index in [9.17, 15) is 19.7 Å². The van der Waals surface area contributed by atoms with Gasteiger partial charge in [0.1, 0.15) is 0 Å². The summed E-state index contributed by atoms with van der Waals surface area (Å²) in [4.78, 5) is 33.4. The number of carbonyl (C=O) groups excluding carboxylic acids is 2. The van der Waals surface area contributed by atoms with Gasteiger partial charge in [0, 0.05) is 22.8 Å². The minimum Gasteiger partial charge on any atom is -0.455 e. The molecule has 2 aromatic rings. The average molecular weight is 349 g/mol. The van der Waals surface area contributed by atoms with E-state index in [1.54, 1.807) is 24.3 Å². The maximum absolute atomic E-state index is 11.7. The summed E-state index contributed by atoms with van der Waals surface area (Å²) in [6, 6.07) is 12.0. The number of esters is 1. The molecule has 24 heavy (non-hydrogen) atoms. The number of nitro groups is 1. The van der Waals surface area contributed by atoms with Gasteiger partial charge in [0.2, 0.25) is 0 Å². The van der Waals surface area contributed by atoms with Crippen LogP contribution < -0.4 is 5.32 Å². The van der Waals surface area contributed by atoms with E-state index in [-0.39, 0.29) is 12.1 Å². The van der Waals surface area contributed by atoms with Crippen molar-refractivity contribution in [3.63, 3.8) is 0 Å². The van der Waals surface area contributed by atoms with Crippen LogP contribution >= 0.6 is 11.6 Å². The van der Waals surface area contributed by atoms with E-state index in [1.165, 1.54) is 24.3 Å². The maximum Gasteiger partial charge on any atom is 0.310 e. The van der Waals surface area contributed by atoms with Crippen LogP contribution in [0.1, 0.15) is 5.56 Å². The number of carbonyl (C=O) groups is 2. The molecule has 0 heterocycles. The molecule has 124 valence electrons. The van der Waals surface area contributed by atoms with Gasteiger partial charge >= 0.3 is 5.97 Å². The molecule has 0 spiro atoms.